The van der Waals surface area contributed by atoms with Crippen molar-refractivity contribution in [2.75, 3.05) is 39.6 Å². The summed E-state index contributed by atoms with van der Waals surface area (Å²) in [6, 6.07) is 8.38. The fourth-order valence-corrected chi connectivity index (χ4v) is 2.94. The molecule has 29 heavy (non-hydrogen) atoms. The molecule has 0 atom stereocenters. The highest BCUT2D eigenvalue weighted by atomic mass is 16.5. The number of imidazole rings is 1. The molecule has 0 unspecified atom stereocenters. The Bertz CT molecular complexity index is 925. The molecular formula is C21H30N6O2. The van der Waals surface area contributed by atoms with Gasteiger partial charge < -0.3 is 20.1 Å². The van der Waals surface area contributed by atoms with Crippen LogP contribution in [0.1, 0.15) is 37.4 Å². The van der Waals surface area contributed by atoms with E-state index < -0.39 is 0 Å². The number of benzene rings is 1. The number of fused-ring (bicyclic) bond motifs is 1. The van der Waals surface area contributed by atoms with Gasteiger partial charge in [0.2, 0.25) is 0 Å². The van der Waals surface area contributed by atoms with Crippen molar-refractivity contribution in [2.45, 2.75) is 32.6 Å². The fraction of sp³-hybridized carbons (Fsp3) is 0.476. The van der Waals surface area contributed by atoms with Crippen LogP contribution < -0.4 is 15.2 Å². The average Bonchev–Trinajstić information content (AvgIpc) is 3.09. The molecule has 0 aliphatic rings. The second-order valence-corrected chi connectivity index (χ2v) is 7.30. The lowest BCUT2D eigenvalue weighted by atomic mass is 10.1. The number of hydrogen-bond acceptors (Lipinski definition) is 7. The van der Waals surface area contributed by atoms with Gasteiger partial charge in [-0.1, -0.05) is 25.5 Å². The van der Waals surface area contributed by atoms with Crippen molar-refractivity contribution in [1.82, 2.24) is 24.5 Å². The second kappa shape index (κ2) is 10.1. The van der Waals surface area contributed by atoms with Gasteiger partial charge in [-0.2, -0.15) is 4.98 Å². The van der Waals surface area contributed by atoms with Crippen molar-refractivity contribution in [3.8, 4) is 11.8 Å². The van der Waals surface area contributed by atoms with Crippen LogP contribution in [0.4, 0.5) is 5.82 Å². The summed E-state index contributed by atoms with van der Waals surface area (Å²) >= 11 is 0. The first-order valence-corrected chi connectivity index (χ1v) is 10.1. The van der Waals surface area contributed by atoms with Gasteiger partial charge in [0.15, 0.2) is 11.5 Å². The van der Waals surface area contributed by atoms with Gasteiger partial charge in [0.05, 0.1) is 25.1 Å². The van der Waals surface area contributed by atoms with E-state index in [1.165, 1.54) is 0 Å². The van der Waals surface area contributed by atoms with E-state index in [-0.39, 0.29) is 6.01 Å². The number of rotatable bonds is 11. The summed E-state index contributed by atoms with van der Waals surface area (Å²) < 4.78 is 13.2. The fourth-order valence-electron chi connectivity index (χ4n) is 2.94. The molecule has 156 valence electrons. The Balaban J connectivity index is 1.71. The van der Waals surface area contributed by atoms with E-state index in [0.717, 1.165) is 42.8 Å². The third-order valence-electron chi connectivity index (χ3n) is 4.47. The summed E-state index contributed by atoms with van der Waals surface area (Å²) in [6.07, 6.45) is 5.41. The van der Waals surface area contributed by atoms with Gasteiger partial charge in [-0.15, -0.1) is 5.10 Å². The Morgan fingerprint density at radius 3 is 2.76 bits per heavy atom. The predicted octanol–water partition coefficient (Wildman–Crippen LogP) is 2.81. The maximum absolute atomic E-state index is 6.04. The van der Waals surface area contributed by atoms with Gasteiger partial charge >= 0.3 is 6.01 Å². The molecule has 0 radical (unpaired) electrons. The smallest absolute Gasteiger partial charge is 0.336 e. The molecule has 0 fully saturated rings. The van der Waals surface area contributed by atoms with E-state index in [0.29, 0.717) is 31.1 Å². The number of nitrogen functional groups attached to an aromatic ring is 1. The van der Waals surface area contributed by atoms with Gasteiger partial charge in [-0.25, -0.2) is 9.50 Å². The Morgan fingerprint density at radius 1 is 1.14 bits per heavy atom. The van der Waals surface area contributed by atoms with Gasteiger partial charge in [0, 0.05) is 13.0 Å². The van der Waals surface area contributed by atoms with E-state index in [9.17, 15) is 0 Å². The number of ether oxygens (including phenoxy) is 2. The summed E-state index contributed by atoms with van der Waals surface area (Å²) in [5.41, 5.74) is 8.61. The first-order valence-electron chi connectivity index (χ1n) is 10.1. The summed E-state index contributed by atoms with van der Waals surface area (Å²) in [5.74, 6) is 1.18. The third-order valence-corrected chi connectivity index (χ3v) is 4.47. The van der Waals surface area contributed by atoms with Gasteiger partial charge in [0.25, 0.3) is 0 Å². The van der Waals surface area contributed by atoms with E-state index in [4.69, 9.17) is 15.2 Å². The first-order chi connectivity index (χ1) is 14.1. The first kappa shape index (κ1) is 20.9. The number of aromatic nitrogens is 4. The molecule has 2 N–H and O–H groups in total. The van der Waals surface area contributed by atoms with Crippen LogP contribution in [0.2, 0.25) is 0 Å². The highest BCUT2D eigenvalue weighted by molar-refractivity contribution is 5.59. The van der Waals surface area contributed by atoms with Crippen molar-refractivity contribution in [3.63, 3.8) is 0 Å². The summed E-state index contributed by atoms with van der Waals surface area (Å²) in [6.45, 7) is 4.37. The highest BCUT2D eigenvalue weighted by Crippen LogP contribution is 2.20. The Kier molecular flexibility index (Phi) is 7.24. The highest BCUT2D eigenvalue weighted by Gasteiger charge is 2.12. The standard InChI is InChI=1S/C21H30N6O2/c1-4-5-11-29-21-24-19(22)20-23-15-17(27(20)25-21)13-16-8-6-9-18(14-16)28-12-7-10-26(2)3/h6,8-9,14-15H,4-5,7,10-13H2,1-3H3,(H2,22,24,25). The minimum Gasteiger partial charge on any atom is -0.494 e. The summed E-state index contributed by atoms with van der Waals surface area (Å²) in [4.78, 5) is 10.7. The van der Waals surface area contributed by atoms with E-state index >= 15 is 0 Å². The normalized spacial score (nSPS) is 11.3. The van der Waals surface area contributed by atoms with Crippen molar-refractivity contribution in [3.05, 3.63) is 41.7 Å². The lowest BCUT2D eigenvalue weighted by Crippen LogP contribution is -2.15. The predicted molar refractivity (Wildman–Crippen MR) is 114 cm³/mol. The maximum atomic E-state index is 6.04. The molecule has 8 heteroatoms. The third kappa shape index (κ3) is 5.80. The molecule has 0 saturated heterocycles. The monoisotopic (exact) mass is 398 g/mol. The molecule has 1 aromatic carbocycles. The SMILES string of the molecule is CCCCOc1nc(N)c2ncc(Cc3cccc(OCCCN(C)C)c3)n2n1. The van der Waals surface area contributed by atoms with Crippen LogP contribution in [0.25, 0.3) is 5.65 Å². The zero-order valence-corrected chi connectivity index (χ0v) is 17.5. The number of nitrogens with zero attached hydrogens (tertiary/aromatic N) is 5. The van der Waals surface area contributed by atoms with E-state index in [1.807, 2.05) is 12.1 Å². The molecule has 2 aromatic heterocycles. The Labute approximate surface area is 171 Å². The zero-order chi connectivity index (χ0) is 20.6. The number of anilines is 1. The van der Waals surface area contributed by atoms with Crippen molar-refractivity contribution in [1.29, 1.82) is 0 Å². The van der Waals surface area contributed by atoms with Gasteiger partial charge in [0.1, 0.15) is 5.75 Å². The van der Waals surface area contributed by atoms with Crippen LogP contribution in [0.5, 0.6) is 11.8 Å². The number of unbranched alkanes of at least 4 members (excludes halogenated alkanes) is 1. The topological polar surface area (TPSA) is 90.8 Å². The molecule has 0 amide bonds. The van der Waals surface area contributed by atoms with E-state index in [1.54, 1.807) is 10.7 Å². The largest absolute Gasteiger partial charge is 0.494 e. The Morgan fingerprint density at radius 2 is 1.97 bits per heavy atom. The summed E-state index contributed by atoms with van der Waals surface area (Å²) in [7, 11) is 4.13. The molecule has 0 spiro atoms. The van der Waals surface area contributed by atoms with Crippen molar-refractivity contribution < 1.29 is 9.47 Å². The van der Waals surface area contributed by atoms with Crippen LogP contribution in [0.3, 0.4) is 0 Å². The zero-order valence-electron chi connectivity index (χ0n) is 17.5. The Hall–Kier alpha value is -2.87. The molecule has 0 saturated carbocycles. The summed E-state index contributed by atoms with van der Waals surface area (Å²) in [5, 5.41) is 4.47. The molecule has 8 nitrogen and oxygen atoms in total. The second-order valence-electron chi connectivity index (χ2n) is 7.30. The number of hydrogen-bond donors (Lipinski definition) is 1. The van der Waals surface area contributed by atoms with Crippen LogP contribution in [-0.4, -0.2) is 58.3 Å². The molecule has 3 aromatic rings. The van der Waals surface area contributed by atoms with Crippen LogP contribution in [0, 0.1) is 0 Å². The average molecular weight is 399 g/mol. The van der Waals surface area contributed by atoms with Crippen LogP contribution >= 0.6 is 0 Å². The van der Waals surface area contributed by atoms with Crippen molar-refractivity contribution in [2.24, 2.45) is 0 Å². The lowest BCUT2D eigenvalue weighted by molar-refractivity contribution is 0.280. The quantitative estimate of drug-likeness (QED) is 0.497. The van der Waals surface area contributed by atoms with Gasteiger partial charge in [-0.05, 0) is 44.6 Å². The van der Waals surface area contributed by atoms with Crippen LogP contribution in [-0.2, 0) is 6.42 Å². The number of nitrogens with two attached hydrogens (primary N) is 1. The van der Waals surface area contributed by atoms with Crippen molar-refractivity contribution >= 4 is 11.5 Å². The maximum Gasteiger partial charge on any atom is 0.336 e. The molecule has 0 bridgehead atoms. The van der Waals surface area contributed by atoms with Crippen LogP contribution in [0.15, 0.2) is 30.5 Å². The molecule has 0 aliphatic carbocycles. The molecule has 2 heterocycles. The lowest BCUT2D eigenvalue weighted by Gasteiger charge is -2.11. The molecule has 0 aliphatic heterocycles. The minimum absolute atomic E-state index is 0.278. The van der Waals surface area contributed by atoms with E-state index in [2.05, 4.69) is 53.1 Å². The minimum atomic E-state index is 0.278. The molecule has 3 rings (SSSR count). The molecular weight excluding hydrogens is 368 g/mol. The van der Waals surface area contributed by atoms with Gasteiger partial charge in [-0.3, -0.25) is 0 Å².